The second-order valence-electron chi connectivity index (χ2n) is 8.26. The molecule has 4 aromatic rings. The molecule has 0 spiro atoms. The van der Waals surface area contributed by atoms with Crippen molar-refractivity contribution >= 4 is 45.2 Å². The van der Waals surface area contributed by atoms with Gasteiger partial charge in [0.25, 0.3) is 11.8 Å². The van der Waals surface area contributed by atoms with Crippen molar-refractivity contribution in [2.24, 2.45) is 5.73 Å². The Kier molecular flexibility index (Phi) is 6.54. The zero-order valence-corrected chi connectivity index (χ0v) is 20.2. The maximum Gasteiger partial charge on any atom is 0.433 e. The highest BCUT2D eigenvalue weighted by Crippen LogP contribution is 2.28. The molecule has 3 amide bonds. The van der Waals surface area contributed by atoms with E-state index in [9.17, 15) is 27.6 Å². The lowest BCUT2D eigenvalue weighted by molar-refractivity contribution is -0.141. The number of nitrogens with zero attached hydrogens (tertiary/aromatic N) is 4. The van der Waals surface area contributed by atoms with E-state index in [1.807, 2.05) is 12.1 Å². The molecule has 0 saturated carbocycles. The van der Waals surface area contributed by atoms with Crippen LogP contribution in [0, 0.1) is 0 Å². The SMILES string of the molecule is NCc1nc(C(F)(F)F)ccc1CNC(=O)c1nc(NC(=O)c2nsc3ccccc23)c2n1CC(=O)NC2. The molecule has 15 heteroatoms. The summed E-state index contributed by atoms with van der Waals surface area (Å²) in [4.78, 5) is 45.9. The van der Waals surface area contributed by atoms with Gasteiger partial charge >= 0.3 is 6.18 Å². The Morgan fingerprint density at radius 1 is 1.13 bits per heavy atom. The summed E-state index contributed by atoms with van der Waals surface area (Å²) < 4.78 is 45.3. The lowest BCUT2D eigenvalue weighted by atomic mass is 10.1. The number of anilines is 1. The van der Waals surface area contributed by atoms with E-state index in [0.29, 0.717) is 16.6 Å². The molecule has 4 heterocycles. The van der Waals surface area contributed by atoms with Crippen LogP contribution in [0.4, 0.5) is 19.0 Å². The fraction of sp³-hybridized carbons (Fsp3) is 0.217. The molecule has 5 rings (SSSR count). The van der Waals surface area contributed by atoms with Crippen LogP contribution in [0.1, 0.15) is 43.8 Å². The second-order valence-corrected chi connectivity index (χ2v) is 9.07. The summed E-state index contributed by atoms with van der Waals surface area (Å²) in [6, 6.07) is 9.21. The minimum absolute atomic E-state index is 0.0203. The minimum atomic E-state index is -4.63. The molecule has 1 aliphatic rings. The third-order valence-corrected chi connectivity index (χ3v) is 6.67. The predicted octanol–water partition coefficient (Wildman–Crippen LogP) is 2.18. The number of carbonyl (C=O) groups excluding carboxylic acids is 3. The average molecular weight is 545 g/mol. The minimum Gasteiger partial charge on any atom is -0.349 e. The standard InChI is InChI=1S/C23H19F3N8O3S/c24-23(25,26)16-6-5-11(13(7-27)30-16)8-29-22(37)20-31-19(14-9-28-17(35)10-34(14)20)32-21(36)18-12-3-1-2-4-15(12)38-33-18/h1-6H,7-10,27H2,(H,28,35)(H,29,37)(H,32,36). The number of hydrogen-bond donors (Lipinski definition) is 4. The van der Waals surface area contributed by atoms with Gasteiger partial charge in [0.05, 0.1) is 22.6 Å². The number of hydrogen-bond acceptors (Lipinski definition) is 8. The van der Waals surface area contributed by atoms with Crippen LogP contribution in [0.3, 0.4) is 0 Å². The maximum atomic E-state index is 13.0. The van der Waals surface area contributed by atoms with Crippen molar-refractivity contribution in [1.29, 1.82) is 0 Å². The van der Waals surface area contributed by atoms with E-state index in [-0.39, 0.29) is 55.1 Å². The zero-order valence-electron chi connectivity index (χ0n) is 19.4. The number of alkyl halides is 3. The Hall–Kier alpha value is -4.37. The molecule has 3 aromatic heterocycles. The first-order valence-electron chi connectivity index (χ1n) is 11.2. The lowest BCUT2D eigenvalue weighted by Crippen LogP contribution is -2.37. The number of imidazole rings is 1. The molecular weight excluding hydrogens is 525 g/mol. The number of nitrogens with one attached hydrogen (secondary N) is 3. The van der Waals surface area contributed by atoms with Gasteiger partial charge in [-0.05, 0) is 29.2 Å². The number of nitrogens with two attached hydrogens (primary N) is 1. The third kappa shape index (κ3) is 4.80. The van der Waals surface area contributed by atoms with Gasteiger partial charge in [-0.1, -0.05) is 24.3 Å². The zero-order chi connectivity index (χ0) is 27.0. The van der Waals surface area contributed by atoms with Gasteiger partial charge in [-0.2, -0.15) is 17.5 Å². The van der Waals surface area contributed by atoms with Crippen molar-refractivity contribution in [3.8, 4) is 0 Å². The first-order chi connectivity index (χ1) is 18.2. The molecule has 0 radical (unpaired) electrons. The molecule has 0 unspecified atom stereocenters. The summed E-state index contributed by atoms with van der Waals surface area (Å²) in [5, 5.41) is 8.56. The molecule has 38 heavy (non-hydrogen) atoms. The molecular formula is C23H19F3N8O3S. The molecule has 5 N–H and O–H groups in total. The van der Waals surface area contributed by atoms with Crippen molar-refractivity contribution < 1.29 is 27.6 Å². The van der Waals surface area contributed by atoms with Crippen LogP contribution in [0.5, 0.6) is 0 Å². The molecule has 1 aromatic carbocycles. The number of pyridine rings is 1. The van der Waals surface area contributed by atoms with E-state index in [0.717, 1.165) is 10.8 Å². The van der Waals surface area contributed by atoms with Gasteiger partial charge in [-0.15, -0.1) is 0 Å². The molecule has 0 saturated heterocycles. The first kappa shape index (κ1) is 25.3. The van der Waals surface area contributed by atoms with Crippen LogP contribution in [0.15, 0.2) is 36.4 Å². The highest BCUT2D eigenvalue weighted by molar-refractivity contribution is 7.13. The average Bonchev–Trinajstić information content (AvgIpc) is 3.48. The fourth-order valence-corrected chi connectivity index (χ4v) is 4.76. The van der Waals surface area contributed by atoms with E-state index in [1.165, 1.54) is 22.2 Å². The maximum absolute atomic E-state index is 13.0. The summed E-state index contributed by atoms with van der Waals surface area (Å²) in [5.74, 6) is -1.66. The molecule has 0 aliphatic carbocycles. The number of rotatable bonds is 6. The van der Waals surface area contributed by atoms with Gasteiger partial charge in [0.1, 0.15) is 17.9 Å². The largest absolute Gasteiger partial charge is 0.433 e. The summed E-state index contributed by atoms with van der Waals surface area (Å²) in [6.07, 6.45) is -4.63. The molecule has 196 valence electrons. The van der Waals surface area contributed by atoms with E-state index in [1.54, 1.807) is 12.1 Å². The van der Waals surface area contributed by atoms with Crippen LogP contribution in [-0.4, -0.2) is 36.6 Å². The normalized spacial score (nSPS) is 13.2. The Labute approximate surface area is 216 Å². The number of halogens is 3. The summed E-state index contributed by atoms with van der Waals surface area (Å²) >= 11 is 1.17. The Morgan fingerprint density at radius 2 is 1.92 bits per heavy atom. The summed E-state index contributed by atoms with van der Waals surface area (Å²) in [7, 11) is 0. The second kappa shape index (κ2) is 9.83. The molecule has 11 nitrogen and oxygen atoms in total. The first-order valence-corrected chi connectivity index (χ1v) is 12.0. The van der Waals surface area contributed by atoms with Gasteiger partial charge in [0, 0.05) is 18.5 Å². The van der Waals surface area contributed by atoms with E-state index < -0.39 is 23.7 Å². The van der Waals surface area contributed by atoms with Crippen LogP contribution in [0.25, 0.3) is 10.1 Å². The van der Waals surface area contributed by atoms with Gasteiger partial charge in [0.15, 0.2) is 5.82 Å². The van der Waals surface area contributed by atoms with Crippen LogP contribution in [0.2, 0.25) is 0 Å². The van der Waals surface area contributed by atoms with Crippen molar-refractivity contribution in [2.75, 3.05) is 5.32 Å². The number of benzene rings is 1. The van der Waals surface area contributed by atoms with Crippen molar-refractivity contribution in [1.82, 2.24) is 29.5 Å². The van der Waals surface area contributed by atoms with Crippen molar-refractivity contribution in [3.05, 3.63) is 70.6 Å². The Bertz CT molecular complexity index is 1580. The Balaban J connectivity index is 1.39. The van der Waals surface area contributed by atoms with E-state index in [2.05, 4.69) is 30.3 Å². The quantitative estimate of drug-likeness (QED) is 0.290. The van der Waals surface area contributed by atoms with E-state index >= 15 is 0 Å². The topological polar surface area (TPSA) is 157 Å². The smallest absolute Gasteiger partial charge is 0.349 e. The van der Waals surface area contributed by atoms with Crippen LogP contribution >= 0.6 is 11.5 Å². The van der Waals surface area contributed by atoms with Crippen LogP contribution in [-0.2, 0) is 37.1 Å². The molecule has 0 bridgehead atoms. The Morgan fingerprint density at radius 3 is 2.68 bits per heavy atom. The highest BCUT2D eigenvalue weighted by atomic mass is 32.1. The van der Waals surface area contributed by atoms with Crippen molar-refractivity contribution in [2.45, 2.75) is 32.4 Å². The lowest BCUT2D eigenvalue weighted by Gasteiger charge is -2.18. The van der Waals surface area contributed by atoms with Gasteiger partial charge in [0.2, 0.25) is 11.7 Å². The van der Waals surface area contributed by atoms with Crippen LogP contribution < -0.4 is 21.7 Å². The van der Waals surface area contributed by atoms with E-state index in [4.69, 9.17) is 5.73 Å². The molecule has 0 fully saturated rings. The number of amides is 3. The molecule has 1 aliphatic heterocycles. The van der Waals surface area contributed by atoms with Gasteiger partial charge in [-0.25, -0.2) is 9.97 Å². The fourth-order valence-electron chi connectivity index (χ4n) is 3.99. The van der Waals surface area contributed by atoms with Gasteiger partial charge < -0.3 is 26.3 Å². The summed E-state index contributed by atoms with van der Waals surface area (Å²) in [6.45, 7) is -0.643. The monoisotopic (exact) mass is 544 g/mol. The number of aromatic nitrogens is 4. The number of fused-ring (bicyclic) bond motifs is 2. The summed E-state index contributed by atoms with van der Waals surface area (Å²) in [5.41, 5.74) is 5.35. The van der Waals surface area contributed by atoms with Crippen molar-refractivity contribution in [3.63, 3.8) is 0 Å². The highest BCUT2D eigenvalue weighted by Gasteiger charge is 2.33. The third-order valence-electron chi connectivity index (χ3n) is 5.85. The molecule has 0 atom stereocenters. The predicted molar refractivity (Wildman–Crippen MR) is 130 cm³/mol. The number of carbonyl (C=O) groups is 3. The van der Waals surface area contributed by atoms with Gasteiger partial charge in [-0.3, -0.25) is 14.4 Å².